The summed E-state index contributed by atoms with van der Waals surface area (Å²) in [4.78, 5) is 47.5. The number of esters is 1. The van der Waals surface area contributed by atoms with Crippen LogP contribution in [0.25, 0.3) is 0 Å². The normalized spacial score (nSPS) is 11.2. The molecule has 0 bridgehead atoms. The zero-order valence-electron chi connectivity index (χ0n) is 15.7. The van der Waals surface area contributed by atoms with Gasteiger partial charge in [0, 0.05) is 12.1 Å². The van der Waals surface area contributed by atoms with E-state index in [1.165, 1.54) is 11.8 Å². The lowest BCUT2D eigenvalue weighted by atomic mass is 10.1. The Bertz CT molecular complexity index is 681. The Hall–Kier alpha value is -2.55. The molecular formula is C18H25N3O5S. The molecule has 1 rings (SSSR count). The molecule has 27 heavy (non-hydrogen) atoms. The van der Waals surface area contributed by atoms with Crippen molar-refractivity contribution >= 4 is 35.6 Å². The van der Waals surface area contributed by atoms with E-state index >= 15 is 0 Å². The number of rotatable bonds is 9. The van der Waals surface area contributed by atoms with E-state index in [2.05, 4.69) is 10.6 Å². The van der Waals surface area contributed by atoms with Gasteiger partial charge in [0.05, 0.1) is 0 Å². The van der Waals surface area contributed by atoms with Crippen molar-refractivity contribution in [2.24, 2.45) is 0 Å². The smallest absolute Gasteiger partial charge is 0.329 e. The first-order valence-electron chi connectivity index (χ1n) is 8.48. The summed E-state index contributed by atoms with van der Waals surface area (Å²) in [5, 5.41) is 7.07. The van der Waals surface area contributed by atoms with Crippen LogP contribution in [0.4, 0.5) is 4.79 Å². The minimum atomic E-state index is -0.886. The van der Waals surface area contributed by atoms with E-state index in [4.69, 9.17) is 4.74 Å². The summed E-state index contributed by atoms with van der Waals surface area (Å²) in [6.07, 6.45) is 2.24. The number of ether oxygens (including phenoxy) is 1. The van der Waals surface area contributed by atoms with Gasteiger partial charge in [-0.3, -0.25) is 14.9 Å². The Morgan fingerprint density at radius 3 is 2.59 bits per heavy atom. The summed E-state index contributed by atoms with van der Waals surface area (Å²) in [6, 6.07) is 5.44. The molecule has 0 saturated heterocycles. The van der Waals surface area contributed by atoms with Gasteiger partial charge < -0.3 is 15.4 Å². The second-order valence-corrected chi connectivity index (χ2v) is 6.68. The summed E-state index contributed by atoms with van der Waals surface area (Å²) in [5.74, 6) is -1.24. The Kier molecular flexibility index (Phi) is 9.95. The van der Waals surface area contributed by atoms with Crippen molar-refractivity contribution in [3.63, 3.8) is 0 Å². The quantitative estimate of drug-likeness (QED) is 0.542. The van der Waals surface area contributed by atoms with Crippen LogP contribution in [0, 0.1) is 6.92 Å². The Morgan fingerprint density at radius 1 is 1.22 bits per heavy atom. The van der Waals surface area contributed by atoms with Gasteiger partial charge in [-0.2, -0.15) is 11.8 Å². The number of hydrogen-bond acceptors (Lipinski definition) is 6. The number of hydrogen-bond donors (Lipinski definition) is 3. The van der Waals surface area contributed by atoms with Crippen LogP contribution in [0.3, 0.4) is 0 Å². The fraction of sp³-hybridized carbons (Fsp3) is 0.444. The number of nitrogens with one attached hydrogen (secondary N) is 3. The molecule has 0 radical (unpaired) electrons. The number of imide groups is 1. The Balaban J connectivity index is 2.64. The maximum atomic E-state index is 12.4. The number of aryl methyl sites for hydroxylation is 1. The van der Waals surface area contributed by atoms with Gasteiger partial charge in [0.1, 0.15) is 6.04 Å². The van der Waals surface area contributed by atoms with Crippen molar-refractivity contribution in [1.82, 2.24) is 16.0 Å². The van der Waals surface area contributed by atoms with Crippen LogP contribution in [0.15, 0.2) is 24.3 Å². The number of carbonyl (C=O) groups is 4. The molecule has 9 heteroatoms. The second kappa shape index (κ2) is 11.9. The summed E-state index contributed by atoms with van der Waals surface area (Å²) in [6.45, 7) is 3.33. The molecule has 1 aromatic rings. The molecule has 3 N–H and O–H groups in total. The van der Waals surface area contributed by atoms with Crippen molar-refractivity contribution in [3.8, 4) is 0 Å². The summed E-state index contributed by atoms with van der Waals surface area (Å²) in [7, 11) is 0. The molecule has 0 aromatic heterocycles. The Labute approximate surface area is 162 Å². The van der Waals surface area contributed by atoms with Gasteiger partial charge in [0.15, 0.2) is 6.61 Å². The molecule has 0 aliphatic carbocycles. The van der Waals surface area contributed by atoms with Gasteiger partial charge in [0.25, 0.3) is 11.8 Å². The first-order chi connectivity index (χ1) is 12.9. The van der Waals surface area contributed by atoms with Crippen molar-refractivity contribution in [3.05, 3.63) is 35.4 Å². The third-order valence-electron chi connectivity index (χ3n) is 3.42. The Morgan fingerprint density at radius 2 is 1.96 bits per heavy atom. The number of thioether (sulfide) groups is 1. The predicted molar refractivity (Wildman–Crippen MR) is 104 cm³/mol. The zero-order chi connectivity index (χ0) is 20.2. The standard InChI is InChI=1S/C18H25N3O5S/c1-4-19-18(25)21-15(22)11-26-17(24)14(8-9-27-3)20-16(23)13-7-5-6-12(2)10-13/h5-7,10,14H,4,8-9,11H2,1-3H3,(H,20,23)(H2,19,21,22,25)/t14-/m0/s1. The largest absolute Gasteiger partial charge is 0.454 e. The summed E-state index contributed by atoms with van der Waals surface area (Å²) in [5.41, 5.74) is 1.36. The molecule has 0 saturated carbocycles. The lowest BCUT2D eigenvalue weighted by molar-refractivity contribution is -0.150. The van der Waals surface area contributed by atoms with Crippen molar-refractivity contribution < 1.29 is 23.9 Å². The summed E-state index contributed by atoms with van der Waals surface area (Å²) < 4.78 is 4.95. The van der Waals surface area contributed by atoms with Crippen molar-refractivity contribution in [1.29, 1.82) is 0 Å². The molecule has 148 valence electrons. The molecule has 8 nitrogen and oxygen atoms in total. The van der Waals surface area contributed by atoms with E-state index in [0.29, 0.717) is 24.3 Å². The van der Waals surface area contributed by atoms with Gasteiger partial charge in [-0.05, 0) is 44.4 Å². The topological polar surface area (TPSA) is 114 Å². The van der Waals surface area contributed by atoms with Crippen LogP contribution >= 0.6 is 11.8 Å². The van der Waals surface area contributed by atoms with E-state index < -0.39 is 36.5 Å². The van der Waals surface area contributed by atoms with E-state index in [0.717, 1.165) is 5.56 Å². The molecule has 0 unspecified atom stereocenters. The van der Waals surface area contributed by atoms with Gasteiger partial charge in [-0.15, -0.1) is 0 Å². The van der Waals surface area contributed by atoms with Crippen LogP contribution in [0.1, 0.15) is 29.3 Å². The zero-order valence-corrected chi connectivity index (χ0v) is 16.5. The number of amides is 4. The lowest BCUT2D eigenvalue weighted by Crippen LogP contribution is -2.45. The molecule has 1 aromatic carbocycles. The van der Waals surface area contributed by atoms with Crippen LogP contribution in [-0.4, -0.2) is 55.0 Å². The molecular weight excluding hydrogens is 370 g/mol. The SMILES string of the molecule is CCNC(=O)NC(=O)COC(=O)[C@H](CCSC)NC(=O)c1cccc(C)c1. The van der Waals surface area contributed by atoms with Crippen LogP contribution < -0.4 is 16.0 Å². The highest BCUT2D eigenvalue weighted by molar-refractivity contribution is 7.98. The van der Waals surface area contributed by atoms with Gasteiger partial charge in [-0.1, -0.05) is 17.7 Å². The molecule has 0 spiro atoms. The molecule has 0 heterocycles. The monoisotopic (exact) mass is 395 g/mol. The highest BCUT2D eigenvalue weighted by Gasteiger charge is 2.23. The molecule has 4 amide bonds. The summed E-state index contributed by atoms with van der Waals surface area (Å²) >= 11 is 1.52. The second-order valence-electron chi connectivity index (χ2n) is 5.69. The predicted octanol–water partition coefficient (Wildman–Crippen LogP) is 1.24. The third-order valence-corrected chi connectivity index (χ3v) is 4.06. The average molecular weight is 395 g/mol. The van der Waals surface area contributed by atoms with E-state index in [-0.39, 0.29) is 0 Å². The van der Waals surface area contributed by atoms with Crippen LogP contribution in [0.5, 0.6) is 0 Å². The van der Waals surface area contributed by atoms with Gasteiger partial charge >= 0.3 is 12.0 Å². The van der Waals surface area contributed by atoms with Gasteiger partial charge in [-0.25, -0.2) is 9.59 Å². The van der Waals surface area contributed by atoms with Gasteiger partial charge in [0.2, 0.25) is 0 Å². The number of benzene rings is 1. The fourth-order valence-electron chi connectivity index (χ4n) is 2.12. The minimum Gasteiger partial charge on any atom is -0.454 e. The van der Waals surface area contributed by atoms with Crippen molar-refractivity contribution in [2.45, 2.75) is 26.3 Å². The number of carbonyl (C=O) groups excluding carboxylic acids is 4. The molecule has 1 atom stereocenters. The molecule has 0 aliphatic rings. The van der Waals surface area contributed by atoms with Crippen molar-refractivity contribution in [2.75, 3.05) is 25.2 Å². The lowest BCUT2D eigenvalue weighted by Gasteiger charge is -2.17. The minimum absolute atomic E-state index is 0.357. The maximum Gasteiger partial charge on any atom is 0.329 e. The van der Waals surface area contributed by atoms with Crippen LogP contribution in [0.2, 0.25) is 0 Å². The van der Waals surface area contributed by atoms with E-state index in [1.807, 2.05) is 24.6 Å². The average Bonchev–Trinajstić information content (AvgIpc) is 2.63. The van der Waals surface area contributed by atoms with E-state index in [1.54, 1.807) is 25.1 Å². The molecule has 0 aliphatic heterocycles. The highest BCUT2D eigenvalue weighted by Crippen LogP contribution is 2.07. The molecule has 0 fully saturated rings. The van der Waals surface area contributed by atoms with E-state index in [9.17, 15) is 19.2 Å². The maximum absolute atomic E-state index is 12.4. The first-order valence-corrected chi connectivity index (χ1v) is 9.87. The van der Waals surface area contributed by atoms with Crippen LogP contribution in [-0.2, 0) is 14.3 Å². The number of urea groups is 1. The third kappa shape index (κ3) is 8.59. The first kappa shape index (κ1) is 22.5. The fourth-order valence-corrected chi connectivity index (χ4v) is 2.59. The highest BCUT2D eigenvalue weighted by atomic mass is 32.2.